The number of hydrogen-bond acceptors (Lipinski definition) is 5. The van der Waals surface area contributed by atoms with E-state index in [1.807, 2.05) is 0 Å². The lowest BCUT2D eigenvalue weighted by atomic mass is 10.2. The molecule has 0 radical (unpaired) electrons. The molecule has 1 N–H and O–H groups in total. The topological polar surface area (TPSA) is 64.6 Å². The van der Waals surface area contributed by atoms with Crippen molar-refractivity contribution in [2.24, 2.45) is 0 Å². The number of amides is 1. The van der Waals surface area contributed by atoms with E-state index in [1.165, 1.54) is 29.5 Å². The van der Waals surface area contributed by atoms with Gasteiger partial charge < -0.3 is 14.8 Å². The Morgan fingerprint density at radius 2 is 1.91 bits per heavy atom. The Bertz CT molecular complexity index is 746. The monoisotopic (exact) mass is 339 g/mol. The summed E-state index contributed by atoms with van der Waals surface area (Å²) in [4.78, 5) is 24.2. The first-order chi connectivity index (χ1) is 10.9. The van der Waals surface area contributed by atoms with Crippen LogP contribution in [-0.2, 0) is 4.79 Å². The van der Waals surface area contributed by atoms with Crippen LogP contribution < -0.4 is 14.8 Å². The van der Waals surface area contributed by atoms with Gasteiger partial charge in [0.25, 0.3) is 0 Å². The van der Waals surface area contributed by atoms with E-state index in [1.54, 1.807) is 17.5 Å². The van der Waals surface area contributed by atoms with Gasteiger partial charge in [-0.25, -0.2) is 0 Å². The van der Waals surface area contributed by atoms with Crippen LogP contribution in [-0.4, -0.2) is 18.0 Å². The van der Waals surface area contributed by atoms with Gasteiger partial charge in [-0.2, -0.15) is 0 Å². The third kappa shape index (κ3) is 3.65. The Balaban J connectivity index is 1.56. The second kappa shape index (κ2) is 5.96. The highest BCUT2D eigenvalue weighted by molar-refractivity contribution is 7.12. The summed E-state index contributed by atoms with van der Waals surface area (Å²) in [5.41, 5.74) is 0.290. The molecule has 5 nitrogen and oxygen atoms in total. The molecule has 1 aliphatic heterocycles. The second-order valence-electron chi connectivity index (χ2n) is 4.78. The van der Waals surface area contributed by atoms with E-state index in [2.05, 4.69) is 14.8 Å². The fraction of sp³-hybridized carbons (Fsp3) is 0.200. The Morgan fingerprint density at radius 3 is 2.65 bits per heavy atom. The van der Waals surface area contributed by atoms with Crippen LogP contribution in [0.15, 0.2) is 35.7 Å². The number of Topliss-reactive ketones (excluding diaryl/α,β-unsaturated/α-hetero) is 1. The molecule has 0 unspecified atom stereocenters. The van der Waals surface area contributed by atoms with Crippen LogP contribution in [0.5, 0.6) is 11.5 Å². The predicted octanol–water partition coefficient (Wildman–Crippen LogP) is 3.67. The van der Waals surface area contributed by atoms with Crippen molar-refractivity contribution in [3.05, 3.63) is 40.6 Å². The van der Waals surface area contributed by atoms with Crippen molar-refractivity contribution < 1.29 is 27.8 Å². The van der Waals surface area contributed by atoms with E-state index < -0.39 is 6.29 Å². The Hall–Kier alpha value is -2.48. The van der Waals surface area contributed by atoms with Gasteiger partial charge in [-0.05, 0) is 23.6 Å². The highest BCUT2D eigenvalue weighted by Crippen LogP contribution is 2.42. The van der Waals surface area contributed by atoms with Crippen molar-refractivity contribution in [1.82, 2.24) is 0 Å². The molecule has 0 saturated carbocycles. The quantitative estimate of drug-likeness (QED) is 0.844. The summed E-state index contributed by atoms with van der Waals surface area (Å²) in [6.07, 6.45) is -3.62. The molecule has 0 spiro atoms. The second-order valence-corrected chi connectivity index (χ2v) is 5.73. The first-order valence-electron chi connectivity index (χ1n) is 6.69. The van der Waals surface area contributed by atoms with Gasteiger partial charge in [0.15, 0.2) is 17.3 Å². The van der Waals surface area contributed by atoms with Gasteiger partial charge in [-0.1, -0.05) is 6.07 Å². The molecule has 0 fully saturated rings. The molecule has 1 aromatic heterocycles. The minimum atomic E-state index is -3.70. The third-order valence-electron chi connectivity index (χ3n) is 3.06. The summed E-state index contributed by atoms with van der Waals surface area (Å²) in [6, 6.07) is 7.41. The van der Waals surface area contributed by atoms with Gasteiger partial charge in [0.2, 0.25) is 5.91 Å². The maximum atomic E-state index is 12.9. The lowest BCUT2D eigenvalue weighted by Crippen LogP contribution is -2.25. The summed E-state index contributed by atoms with van der Waals surface area (Å²) in [7, 11) is 0. The average molecular weight is 339 g/mol. The van der Waals surface area contributed by atoms with Gasteiger partial charge in [0, 0.05) is 24.6 Å². The molecule has 3 rings (SSSR count). The van der Waals surface area contributed by atoms with Gasteiger partial charge in [0.05, 0.1) is 4.88 Å². The highest BCUT2D eigenvalue weighted by Gasteiger charge is 2.43. The number of alkyl halides is 2. The number of anilines is 1. The third-order valence-corrected chi connectivity index (χ3v) is 3.97. The summed E-state index contributed by atoms with van der Waals surface area (Å²) in [5, 5.41) is 4.32. The predicted molar refractivity (Wildman–Crippen MR) is 79.2 cm³/mol. The molecule has 1 aromatic carbocycles. The fourth-order valence-corrected chi connectivity index (χ4v) is 2.73. The first kappa shape index (κ1) is 15.4. The molecular weight excluding hydrogens is 328 g/mol. The number of benzene rings is 1. The van der Waals surface area contributed by atoms with Crippen LogP contribution in [0.3, 0.4) is 0 Å². The minimum Gasteiger partial charge on any atom is -0.395 e. The number of halogens is 2. The number of carbonyl (C=O) groups excluding carboxylic acids is 2. The molecule has 1 amide bonds. The molecule has 1 aliphatic rings. The van der Waals surface area contributed by atoms with Crippen molar-refractivity contribution in [3.8, 4) is 11.5 Å². The zero-order valence-corrected chi connectivity index (χ0v) is 12.5. The number of carbonyl (C=O) groups is 2. The van der Waals surface area contributed by atoms with E-state index in [9.17, 15) is 18.4 Å². The minimum absolute atomic E-state index is 0.00132. The molecule has 0 saturated heterocycles. The van der Waals surface area contributed by atoms with Crippen LogP contribution in [0, 0.1) is 0 Å². The molecule has 0 bridgehead atoms. The molecule has 2 heterocycles. The van der Waals surface area contributed by atoms with Crippen molar-refractivity contribution in [3.63, 3.8) is 0 Å². The maximum absolute atomic E-state index is 12.9. The number of nitrogens with one attached hydrogen (secondary N) is 1. The van der Waals surface area contributed by atoms with Crippen LogP contribution >= 0.6 is 11.3 Å². The molecule has 8 heteroatoms. The Labute approximate surface area is 133 Å². The summed E-state index contributed by atoms with van der Waals surface area (Å²) in [5.74, 6) is -0.746. The zero-order chi connectivity index (χ0) is 16.4. The maximum Gasteiger partial charge on any atom is 0.586 e. The van der Waals surface area contributed by atoms with E-state index in [0.717, 1.165) is 0 Å². The zero-order valence-electron chi connectivity index (χ0n) is 11.7. The average Bonchev–Trinajstić information content (AvgIpc) is 3.10. The molecule has 0 atom stereocenters. The lowest BCUT2D eigenvalue weighted by molar-refractivity contribution is -0.286. The van der Waals surface area contributed by atoms with Gasteiger partial charge in [-0.15, -0.1) is 20.1 Å². The number of thiophene rings is 1. The van der Waals surface area contributed by atoms with E-state index in [-0.39, 0.29) is 36.0 Å². The molecular formula is C15H11F2NO4S. The first-order valence-corrected chi connectivity index (χ1v) is 7.57. The molecule has 23 heavy (non-hydrogen) atoms. The van der Waals surface area contributed by atoms with Crippen LogP contribution in [0.1, 0.15) is 22.5 Å². The van der Waals surface area contributed by atoms with E-state index in [4.69, 9.17) is 0 Å². The van der Waals surface area contributed by atoms with Gasteiger partial charge >= 0.3 is 6.29 Å². The number of ketones is 1. The van der Waals surface area contributed by atoms with E-state index in [0.29, 0.717) is 10.6 Å². The van der Waals surface area contributed by atoms with Crippen molar-refractivity contribution >= 4 is 28.7 Å². The smallest absolute Gasteiger partial charge is 0.395 e. The number of hydrogen-bond donors (Lipinski definition) is 1. The van der Waals surface area contributed by atoms with Crippen LogP contribution in [0.4, 0.5) is 14.5 Å². The van der Waals surface area contributed by atoms with Crippen molar-refractivity contribution in [1.29, 1.82) is 0 Å². The van der Waals surface area contributed by atoms with Gasteiger partial charge in [-0.3, -0.25) is 9.59 Å². The van der Waals surface area contributed by atoms with Crippen LogP contribution in [0.2, 0.25) is 0 Å². The molecule has 0 aliphatic carbocycles. The summed E-state index contributed by atoms with van der Waals surface area (Å²) in [6.45, 7) is 0. The SMILES string of the molecule is O=C(CCC(=O)c1cccs1)Nc1ccc2c(c1)OC(F)(F)O2. The van der Waals surface area contributed by atoms with Gasteiger partial charge in [0.1, 0.15) is 0 Å². The fourth-order valence-electron chi connectivity index (χ4n) is 2.04. The standard InChI is InChI=1S/C15H11F2NO4S/c16-15(17)21-11-5-3-9(8-12(11)22-15)18-14(20)6-4-10(19)13-2-1-7-23-13/h1-3,5,7-8H,4,6H2,(H,18,20). The van der Waals surface area contributed by atoms with Crippen LogP contribution in [0.25, 0.3) is 0 Å². The number of rotatable bonds is 5. The number of ether oxygens (including phenoxy) is 2. The van der Waals surface area contributed by atoms with Crippen molar-refractivity contribution in [2.45, 2.75) is 19.1 Å². The molecule has 120 valence electrons. The Kier molecular flexibility index (Phi) is 3.99. The normalized spacial score (nSPS) is 14.5. The summed E-state index contributed by atoms with van der Waals surface area (Å²) < 4.78 is 34.4. The van der Waals surface area contributed by atoms with Crippen molar-refractivity contribution in [2.75, 3.05) is 5.32 Å². The lowest BCUT2D eigenvalue weighted by Gasteiger charge is -2.05. The highest BCUT2D eigenvalue weighted by atomic mass is 32.1. The number of fused-ring (bicyclic) bond motifs is 1. The largest absolute Gasteiger partial charge is 0.586 e. The van der Waals surface area contributed by atoms with E-state index >= 15 is 0 Å². The summed E-state index contributed by atoms with van der Waals surface area (Å²) >= 11 is 1.32. The Morgan fingerprint density at radius 1 is 1.13 bits per heavy atom. The molecule has 2 aromatic rings.